The fourth-order valence-corrected chi connectivity index (χ4v) is 5.13. The number of alkyl halides is 1. The van der Waals surface area contributed by atoms with Crippen molar-refractivity contribution in [2.24, 2.45) is 0 Å². The van der Waals surface area contributed by atoms with Crippen LogP contribution in [0.5, 0.6) is 5.75 Å². The highest BCUT2D eigenvalue weighted by Gasteiger charge is 2.30. The second-order valence-electron chi connectivity index (χ2n) is 7.73. The van der Waals surface area contributed by atoms with Crippen molar-refractivity contribution in [3.63, 3.8) is 0 Å². The first-order valence-corrected chi connectivity index (χ1v) is 12.0. The predicted molar refractivity (Wildman–Crippen MR) is 121 cm³/mol. The number of nitrogens with zero attached hydrogens (tertiary/aromatic N) is 1. The Morgan fingerprint density at radius 3 is 2.44 bits per heavy atom. The minimum atomic E-state index is -4.68. The summed E-state index contributed by atoms with van der Waals surface area (Å²) < 4.78 is 70.4. The van der Waals surface area contributed by atoms with Crippen molar-refractivity contribution in [3.05, 3.63) is 76.8 Å². The minimum Gasteiger partial charge on any atom is -0.505 e. The molecule has 0 unspecified atom stereocenters. The summed E-state index contributed by atoms with van der Waals surface area (Å²) >= 11 is 5.95. The molecule has 1 atom stereocenters. The highest BCUT2D eigenvalue weighted by molar-refractivity contribution is 7.92. The van der Waals surface area contributed by atoms with E-state index in [0.29, 0.717) is 11.6 Å². The van der Waals surface area contributed by atoms with Crippen molar-refractivity contribution in [3.8, 4) is 16.9 Å². The minimum absolute atomic E-state index is 0.0549. The maximum absolute atomic E-state index is 14.5. The number of anilines is 1. The third-order valence-electron chi connectivity index (χ3n) is 5.37. The van der Waals surface area contributed by atoms with Gasteiger partial charge in [-0.25, -0.2) is 21.6 Å². The number of likely N-dealkylation sites (tertiary alicyclic amines) is 1. The summed E-state index contributed by atoms with van der Waals surface area (Å²) in [6.07, 6.45) is -1.04. The Kier molecular flexibility index (Phi) is 6.46. The number of sulfonamides is 1. The van der Waals surface area contributed by atoms with Crippen LogP contribution in [0.25, 0.3) is 11.1 Å². The Balaban J connectivity index is 1.72. The van der Waals surface area contributed by atoms with E-state index < -0.39 is 55.1 Å². The number of hydrogen-bond acceptors (Lipinski definition) is 4. The molecule has 4 rings (SSSR count). The molecule has 0 radical (unpaired) electrons. The van der Waals surface area contributed by atoms with Crippen molar-refractivity contribution in [2.75, 3.05) is 17.8 Å². The maximum atomic E-state index is 14.5. The van der Waals surface area contributed by atoms with Crippen LogP contribution >= 0.6 is 11.6 Å². The molecule has 1 fully saturated rings. The molecule has 3 aromatic carbocycles. The summed E-state index contributed by atoms with van der Waals surface area (Å²) in [4.78, 5) is 13.1. The summed E-state index contributed by atoms with van der Waals surface area (Å²) in [6.45, 7) is -0.0113. The molecule has 0 aromatic heterocycles. The number of carbonyl (C=O) groups is 1. The first kappa shape index (κ1) is 23.9. The summed E-state index contributed by atoms with van der Waals surface area (Å²) in [5, 5.41) is 9.84. The van der Waals surface area contributed by atoms with E-state index >= 15 is 0 Å². The van der Waals surface area contributed by atoms with Crippen molar-refractivity contribution >= 4 is 33.2 Å². The van der Waals surface area contributed by atoms with E-state index in [1.165, 1.54) is 4.90 Å². The maximum Gasteiger partial charge on any atom is 0.265 e. The van der Waals surface area contributed by atoms with Gasteiger partial charge in [-0.1, -0.05) is 41.9 Å². The summed E-state index contributed by atoms with van der Waals surface area (Å²) in [5.74, 6) is -3.62. The molecular weight excluding hydrogens is 493 g/mol. The Labute approximate surface area is 198 Å². The number of rotatable bonds is 5. The van der Waals surface area contributed by atoms with Gasteiger partial charge in [0, 0.05) is 23.7 Å². The van der Waals surface area contributed by atoms with Gasteiger partial charge in [0.15, 0.2) is 5.75 Å². The number of phenolic OH excluding ortho intramolecular Hbond substituents is 1. The Bertz CT molecular complexity index is 1370. The van der Waals surface area contributed by atoms with Gasteiger partial charge in [0.25, 0.3) is 15.9 Å². The number of carbonyl (C=O) groups excluding carboxylic acids is 1. The molecule has 1 saturated heterocycles. The third kappa shape index (κ3) is 4.69. The lowest BCUT2D eigenvalue weighted by Gasteiger charge is -2.17. The van der Waals surface area contributed by atoms with Gasteiger partial charge in [-0.05, 0) is 30.2 Å². The number of aromatic hydroxyl groups is 1. The van der Waals surface area contributed by atoms with Crippen LogP contribution in [0.4, 0.5) is 18.9 Å². The smallest absolute Gasteiger partial charge is 0.265 e. The molecule has 1 heterocycles. The second kappa shape index (κ2) is 9.19. The van der Waals surface area contributed by atoms with Gasteiger partial charge in [-0.3, -0.25) is 9.52 Å². The first-order valence-electron chi connectivity index (χ1n) is 10.1. The average molecular weight is 511 g/mol. The molecule has 11 heteroatoms. The van der Waals surface area contributed by atoms with E-state index in [2.05, 4.69) is 0 Å². The van der Waals surface area contributed by atoms with Crippen LogP contribution in [-0.2, 0) is 10.0 Å². The van der Waals surface area contributed by atoms with Crippen LogP contribution in [-0.4, -0.2) is 43.6 Å². The van der Waals surface area contributed by atoms with Crippen LogP contribution in [0.1, 0.15) is 16.8 Å². The SMILES string of the molecule is O=C(c1cc(Cl)c(O)c(S(=O)(=O)Nc2cc(-c3ccccc3)c(F)cc2F)c1)N1CC[C@H](F)C1. The number of halogens is 4. The number of benzene rings is 3. The number of phenols is 1. The lowest BCUT2D eigenvalue weighted by molar-refractivity contribution is 0.0782. The van der Waals surface area contributed by atoms with Gasteiger partial charge in [0.2, 0.25) is 0 Å². The molecule has 0 spiro atoms. The monoisotopic (exact) mass is 510 g/mol. The van der Waals surface area contributed by atoms with Gasteiger partial charge in [0.1, 0.15) is 22.7 Å². The number of nitrogens with one attached hydrogen (secondary N) is 1. The summed E-state index contributed by atoms with van der Waals surface area (Å²) in [7, 11) is -4.68. The van der Waals surface area contributed by atoms with E-state index in [9.17, 15) is 31.5 Å². The van der Waals surface area contributed by atoms with Gasteiger partial charge in [-0.2, -0.15) is 0 Å². The van der Waals surface area contributed by atoms with Gasteiger partial charge in [0.05, 0.1) is 17.3 Å². The average Bonchev–Trinajstić information content (AvgIpc) is 3.23. The zero-order chi connectivity index (χ0) is 24.6. The number of hydrogen-bond donors (Lipinski definition) is 2. The van der Waals surface area contributed by atoms with E-state index in [1.807, 2.05) is 4.72 Å². The molecule has 34 heavy (non-hydrogen) atoms. The molecule has 3 aromatic rings. The van der Waals surface area contributed by atoms with Gasteiger partial charge in [-0.15, -0.1) is 0 Å². The van der Waals surface area contributed by atoms with Crippen LogP contribution < -0.4 is 4.72 Å². The van der Waals surface area contributed by atoms with Crippen LogP contribution in [0, 0.1) is 11.6 Å². The fraction of sp³-hybridized carbons (Fsp3) is 0.174. The van der Waals surface area contributed by atoms with Crippen LogP contribution in [0.15, 0.2) is 59.5 Å². The van der Waals surface area contributed by atoms with Crippen molar-refractivity contribution in [2.45, 2.75) is 17.5 Å². The molecule has 1 aliphatic heterocycles. The fourth-order valence-electron chi connectivity index (χ4n) is 3.65. The van der Waals surface area contributed by atoms with Crippen molar-refractivity contribution < 1.29 is 31.5 Å². The van der Waals surface area contributed by atoms with E-state index in [4.69, 9.17) is 11.6 Å². The normalized spacial score (nSPS) is 16.0. The lowest BCUT2D eigenvalue weighted by atomic mass is 10.0. The zero-order valence-electron chi connectivity index (χ0n) is 17.4. The molecule has 1 aliphatic rings. The van der Waals surface area contributed by atoms with E-state index in [-0.39, 0.29) is 30.6 Å². The largest absolute Gasteiger partial charge is 0.505 e. The standard InChI is InChI=1S/C23H18ClF3N2O4S/c24-17-8-14(23(31)29-7-6-15(25)12-29)9-21(22(17)30)34(32,33)28-20-10-16(18(26)11-19(20)27)13-4-2-1-3-5-13/h1-5,8-11,15,28,30H,6-7,12H2/t15-/m0/s1. The molecule has 0 aliphatic carbocycles. The topological polar surface area (TPSA) is 86.7 Å². The Morgan fingerprint density at radius 1 is 1.09 bits per heavy atom. The van der Waals surface area contributed by atoms with E-state index in [1.54, 1.807) is 30.3 Å². The van der Waals surface area contributed by atoms with Crippen LogP contribution in [0.2, 0.25) is 5.02 Å². The molecule has 0 saturated carbocycles. The lowest BCUT2D eigenvalue weighted by Crippen LogP contribution is -2.29. The zero-order valence-corrected chi connectivity index (χ0v) is 19.0. The van der Waals surface area contributed by atoms with Crippen LogP contribution in [0.3, 0.4) is 0 Å². The van der Waals surface area contributed by atoms with Crippen molar-refractivity contribution in [1.29, 1.82) is 0 Å². The molecule has 0 bridgehead atoms. The van der Waals surface area contributed by atoms with Crippen molar-refractivity contribution in [1.82, 2.24) is 4.90 Å². The summed E-state index contributed by atoms with van der Waals surface area (Å²) in [6, 6.07) is 11.6. The highest BCUT2D eigenvalue weighted by atomic mass is 35.5. The molecule has 6 nitrogen and oxygen atoms in total. The van der Waals surface area contributed by atoms with Gasteiger partial charge >= 0.3 is 0 Å². The Morgan fingerprint density at radius 2 is 1.79 bits per heavy atom. The third-order valence-corrected chi connectivity index (χ3v) is 7.04. The molecular formula is C23H18ClF3N2O4S. The Hall–Kier alpha value is -3.24. The summed E-state index contributed by atoms with van der Waals surface area (Å²) in [5.41, 5.74) is -0.439. The highest BCUT2D eigenvalue weighted by Crippen LogP contribution is 2.35. The molecule has 178 valence electrons. The molecule has 1 amide bonds. The number of amides is 1. The van der Waals surface area contributed by atoms with Gasteiger partial charge < -0.3 is 10.0 Å². The van der Waals surface area contributed by atoms with E-state index in [0.717, 1.165) is 18.2 Å². The quantitative estimate of drug-likeness (QED) is 0.507. The first-order chi connectivity index (χ1) is 16.1. The molecule has 2 N–H and O–H groups in total. The second-order valence-corrected chi connectivity index (χ2v) is 9.78. The predicted octanol–water partition coefficient (Wildman–Crippen LogP) is 4.98.